The number of anilines is 1. The van der Waals surface area contributed by atoms with Crippen LogP contribution < -0.4 is 5.32 Å². The molecule has 0 aliphatic heterocycles. The van der Waals surface area contributed by atoms with Crippen molar-refractivity contribution in [3.63, 3.8) is 0 Å². The number of halogens is 1. The monoisotopic (exact) mass is 390 g/mol. The highest BCUT2D eigenvalue weighted by Crippen LogP contribution is 2.28. The SMILES string of the molecule is O=C(Cc1ccc(Cl)cc1)Nc1ccccc1-c1nc(-c2ccccn2)no1. The average molecular weight is 391 g/mol. The molecule has 138 valence electrons. The molecule has 4 aromatic rings. The van der Waals surface area contributed by atoms with Gasteiger partial charge in [0.1, 0.15) is 5.69 Å². The van der Waals surface area contributed by atoms with E-state index in [0.29, 0.717) is 33.7 Å². The van der Waals surface area contributed by atoms with E-state index in [1.54, 1.807) is 30.5 Å². The molecule has 7 heteroatoms. The lowest BCUT2D eigenvalue weighted by molar-refractivity contribution is -0.115. The summed E-state index contributed by atoms with van der Waals surface area (Å²) in [5, 5.41) is 7.52. The van der Waals surface area contributed by atoms with Gasteiger partial charge in [0.15, 0.2) is 0 Å². The zero-order valence-electron chi connectivity index (χ0n) is 14.7. The standard InChI is InChI=1S/C21H15ClN4O2/c22-15-10-8-14(9-11-15)13-19(27)24-17-6-2-1-5-16(17)21-25-20(26-28-21)18-7-3-4-12-23-18/h1-12H,13H2,(H,24,27). The molecule has 0 radical (unpaired) electrons. The third-order valence-corrected chi connectivity index (χ3v) is 4.28. The lowest BCUT2D eigenvalue weighted by Gasteiger charge is -2.08. The summed E-state index contributed by atoms with van der Waals surface area (Å²) in [5.41, 5.74) is 2.72. The van der Waals surface area contributed by atoms with E-state index < -0.39 is 0 Å². The Kier molecular flexibility index (Phi) is 5.12. The van der Waals surface area contributed by atoms with Crippen molar-refractivity contribution in [2.75, 3.05) is 5.32 Å². The number of carbonyl (C=O) groups excluding carboxylic acids is 1. The van der Waals surface area contributed by atoms with Gasteiger partial charge in [0, 0.05) is 11.2 Å². The minimum Gasteiger partial charge on any atom is -0.333 e. The van der Waals surface area contributed by atoms with Gasteiger partial charge in [-0.25, -0.2) is 0 Å². The average Bonchev–Trinajstić information content (AvgIpc) is 3.21. The Labute approximate surface area is 166 Å². The molecular formula is C21H15ClN4O2. The van der Waals surface area contributed by atoms with E-state index in [1.807, 2.05) is 42.5 Å². The fourth-order valence-electron chi connectivity index (χ4n) is 2.69. The molecule has 1 N–H and O–H groups in total. The van der Waals surface area contributed by atoms with Gasteiger partial charge in [0.25, 0.3) is 5.89 Å². The van der Waals surface area contributed by atoms with Gasteiger partial charge in [-0.05, 0) is 42.0 Å². The van der Waals surface area contributed by atoms with Crippen molar-refractivity contribution in [2.45, 2.75) is 6.42 Å². The van der Waals surface area contributed by atoms with Crippen molar-refractivity contribution >= 4 is 23.2 Å². The second-order valence-electron chi connectivity index (χ2n) is 6.04. The van der Waals surface area contributed by atoms with Crippen molar-refractivity contribution in [3.05, 3.63) is 83.5 Å². The Balaban J connectivity index is 1.55. The van der Waals surface area contributed by atoms with Crippen LogP contribution in [0.3, 0.4) is 0 Å². The molecule has 0 aliphatic rings. The second-order valence-corrected chi connectivity index (χ2v) is 6.47. The summed E-state index contributed by atoms with van der Waals surface area (Å²) in [6.07, 6.45) is 1.89. The summed E-state index contributed by atoms with van der Waals surface area (Å²) < 4.78 is 5.39. The molecule has 2 heterocycles. The predicted octanol–water partition coefficient (Wildman–Crippen LogP) is 4.63. The number of nitrogens with one attached hydrogen (secondary N) is 1. The topological polar surface area (TPSA) is 80.9 Å². The quantitative estimate of drug-likeness (QED) is 0.537. The number of carbonyl (C=O) groups is 1. The molecule has 0 atom stereocenters. The van der Waals surface area contributed by atoms with Gasteiger partial charge in [-0.3, -0.25) is 9.78 Å². The number of amides is 1. The molecule has 1 amide bonds. The molecule has 2 aromatic carbocycles. The van der Waals surface area contributed by atoms with Crippen LogP contribution in [-0.2, 0) is 11.2 Å². The van der Waals surface area contributed by atoms with Crippen molar-refractivity contribution in [2.24, 2.45) is 0 Å². The van der Waals surface area contributed by atoms with Crippen molar-refractivity contribution in [1.29, 1.82) is 0 Å². The summed E-state index contributed by atoms with van der Waals surface area (Å²) in [6, 6.07) is 19.9. The molecule has 0 bridgehead atoms. The molecular weight excluding hydrogens is 376 g/mol. The first-order valence-corrected chi connectivity index (χ1v) is 8.95. The number of nitrogens with zero attached hydrogens (tertiary/aromatic N) is 3. The molecule has 0 fully saturated rings. The fourth-order valence-corrected chi connectivity index (χ4v) is 2.82. The zero-order chi connectivity index (χ0) is 19.3. The molecule has 0 saturated heterocycles. The summed E-state index contributed by atoms with van der Waals surface area (Å²) in [7, 11) is 0. The Bertz CT molecular complexity index is 1090. The first-order chi connectivity index (χ1) is 13.7. The van der Waals surface area contributed by atoms with E-state index in [1.165, 1.54) is 0 Å². The normalized spacial score (nSPS) is 10.6. The summed E-state index contributed by atoms with van der Waals surface area (Å²) >= 11 is 5.88. The maximum atomic E-state index is 12.5. The van der Waals surface area contributed by atoms with E-state index in [-0.39, 0.29) is 12.3 Å². The highest BCUT2D eigenvalue weighted by Gasteiger charge is 2.16. The van der Waals surface area contributed by atoms with Crippen LogP contribution in [0.25, 0.3) is 23.0 Å². The second kappa shape index (κ2) is 8.02. The van der Waals surface area contributed by atoms with Crippen LogP contribution in [0.5, 0.6) is 0 Å². The largest absolute Gasteiger partial charge is 0.333 e. The first kappa shape index (κ1) is 17.9. The number of para-hydroxylation sites is 1. The van der Waals surface area contributed by atoms with Crippen LogP contribution in [0.1, 0.15) is 5.56 Å². The molecule has 28 heavy (non-hydrogen) atoms. The van der Waals surface area contributed by atoms with Gasteiger partial charge < -0.3 is 9.84 Å². The zero-order valence-corrected chi connectivity index (χ0v) is 15.4. The molecule has 2 aromatic heterocycles. The highest BCUT2D eigenvalue weighted by molar-refractivity contribution is 6.30. The predicted molar refractivity (Wildman–Crippen MR) is 107 cm³/mol. The smallest absolute Gasteiger partial charge is 0.260 e. The van der Waals surface area contributed by atoms with Gasteiger partial charge in [-0.2, -0.15) is 4.98 Å². The fraction of sp³-hybridized carbons (Fsp3) is 0.0476. The van der Waals surface area contributed by atoms with E-state index in [4.69, 9.17) is 16.1 Å². The maximum absolute atomic E-state index is 12.5. The lowest BCUT2D eigenvalue weighted by Crippen LogP contribution is -2.15. The molecule has 4 rings (SSSR count). The number of pyridine rings is 1. The van der Waals surface area contributed by atoms with Gasteiger partial charge in [0.2, 0.25) is 11.7 Å². The van der Waals surface area contributed by atoms with Gasteiger partial charge in [0.05, 0.1) is 17.7 Å². The van der Waals surface area contributed by atoms with Crippen molar-refractivity contribution in [3.8, 4) is 23.0 Å². The summed E-state index contributed by atoms with van der Waals surface area (Å²) in [5.74, 6) is 0.542. The van der Waals surface area contributed by atoms with Crippen LogP contribution >= 0.6 is 11.6 Å². The van der Waals surface area contributed by atoms with E-state index in [0.717, 1.165) is 5.56 Å². The number of rotatable bonds is 5. The number of hydrogen-bond donors (Lipinski definition) is 1. The minimum atomic E-state index is -0.153. The van der Waals surface area contributed by atoms with E-state index in [2.05, 4.69) is 20.4 Å². The minimum absolute atomic E-state index is 0.153. The number of aromatic nitrogens is 3. The third kappa shape index (κ3) is 4.07. The lowest BCUT2D eigenvalue weighted by atomic mass is 10.1. The van der Waals surface area contributed by atoms with Crippen LogP contribution in [0.4, 0.5) is 5.69 Å². The summed E-state index contributed by atoms with van der Waals surface area (Å²) in [6.45, 7) is 0. The van der Waals surface area contributed by atoms with Crippen LogP contribution in [0, 0.1) is 0 Å². The molecule has 0 spiro atoms. The van der Waals surface area contributed by atoms with Gasteiger partial charge in [-0.15, -0.1) is 0 Å². The first-order valence-electron chi connectivity index (χ1n) is 8.58. The molecule has 0 saturated carbocycles. The van der Waals surface area contributed by atoms with E-state index in [9.17, 15) is 4.79 Å². The molecule has 0 unspecified atom stereocenters. The highest BCUT2D eigenvalue weighted by atomic mass is 35.5. The van der Waals surface area contributed by atoms with Crippen molar-refractivity contribution < 1.29 is 9.32 Å². The Morgan fingerprint density at radius 2 is 1.79 bits per heavy atom. The van der Waals surface area contributed by atoms with Crippen LogP contribution in [0.2, 0.25) is 5.02 Å². The van der Waals surface area contributed by atoms with Gasteiger partial charge in [-0.1, -0.05) is 47.1 Å². The third-order valence-electron chi connectivity index (χ3n) is 4.03. The van der Waals surface area contributed by atoms with Crippen molar-refractivity contribution in [1.82, 2.24) is 15.1 Å². The summed E-state index contributed by atoms with van der Waals surface area (Å²) in [4.78, 5) is 21.1. The maximum Gasteiger partial charge on any atom is 0.260 e. The Morgan fingerprint density at radius 3 is 2.57 bits per heavy atom. The Morgan fingerprint density at radius 1 is 1.00 bits per heavy atom. The van der Waals surface area contributed by atoms with Crippen LogP contribution in [-0.4, -0.2) is 21.0 Å². The van der Waals surface area contributed by atoms with E-state index >= 15 is 0 Å². The number of hydrogen-bond acceptors (Lipinski definition) is 5. The molecule has 0 aliphatic carbocycles. The van der Waals surface area contributed by atoms with Gasteiger partial charge >= 0.3 is 0 Å². The number of benzene rings is 2. The van der Waals surface area contributed by atoms with Crippen LogP contribution in [0.15, 0.2) is 77.4 Å². The molecule has 6 nitrogen and oxygen atoms in total. The Hall–Kier alpha value is -3.51.